The maximum absolute atomic E-state index is 2.48. The Kier molecular flexibility index (Phi) is 6.78. The third-order valence-corrected chi connectivity index (χ3v) is 12.0. The topological polar surface area (TPSA) is 3.24 Å². The molecule has 8 aromatic carbocycles. The lowest BCUT2D eigenvalue weighted by Crippen LogP contribution is -2.15. The van der Waals surface area contributed by atoms with E-state index in [-0.39, 0.29) is 5.41 Å². The number of para-hydroxylation sites is 1. The molecule has 0 N–H and O–H groups in total. The summed E-state index contributed by atoms with van der Waals surface area (Å²) in [6.07, 6.45) is 0. The molecule has 9 aromatic rings. The molecule has 0 unspecified atom stereocenters. The van der Waals surface area contributed by atoms with Gasteiger partial charge in [-0.05, 0) is 86.8 Å². The zero-order chi connectivity index (χ0) is 34.1. The maximum atomic E-state index is 2.48. The van der Waals surface area contributed by atoms with Crippen LogP contribution in [-0.4, -0.2) is 0 Å². The number of benzene rings is 8. The van der Waals surface area contributed by atoms with Crippen LogP contribution in [0.25, 0.3) is 64.3 Å². The van der Waals surface area contributed by atoms with Crippen LogP contribution in [0.15, 0.2) is 176 Å². The Bertz CT molecular complexity index is 2800. The van der Waals surface area contributed by atoms with Gasteiger partial charge in [-0.1, -0.05) is 147 Å². The van der Waals surface area contributed by atoms with Crippen LogP contribution in [0.5, 0.6) is 0 Å². The van der Waals surface area contributed by atoms with Crippen LogP contribution in [0.4, 0.5) is 17.1 Å². The predicted octanol–water partition coefficient (Wildman–Crippen LogP) is 14.3. The summed E-state index contributed by atoms with van der Waals surface area (Å²) in [6.45, 7) is 4.72. The molecule has 1 aliphatic rings. The average Bonchev–Trinajstić information content (AvgIpc) is 3.67. The summed E-state index contributed by atoms with van der Waals surface area (Å²) >= 11 is 1.86. The second-order valence-electron chi connectivity index (χ2n) is 14.1. The van der Waals surface area contributed by atoms with Crippen molar-refractivity contribution in [3.8, 4) is 33.4 Å². The van der Waals surface area contributed by atoms with E-state index < -0.39 is 0 Å². The summed E-state index contributed by atoms with van der Waals surface area (Å²) in [5.74, 6) is 0. The monoisotopic (exact) mass is 669 g/mol. The average molecular weight is 670 g/mol. The van der Waals surface area contributed by atoms with Crippen LogP contribution in [0.3, 0.4) is 0 Å². The van der Waals surface area contributed by atoms with Crippen LogP contribution in [-0.2, 0) is 5.41 Å². The van der Waals surface area contributed by atoms with E-state index in [1.807, 2.05) is 11.3 Å². The summed E-state index contributed by atoms with van der Waals surface area (Å²) in [6, 6.07) is 64.9. The minimum Gasteiger partial charge on any atom is -0.309 e. The lowest BCUT2D eigenvalue weighted by atomic mass is 9.82. The van der Waals surface area contributed by atoms with Gasteiger partial charge >= 0.3 is 0 Å². The molecule has 1 heterocycles. The van der Waals surface area contributed by atoms with Gasteiger partial charge in [0, 0.05) is 42.2 Å². The highest BCUT2D eigenvalue weighted by atomic mass is 32.1. The van der Waals surface area contributed by atoms with Crippen LogP contribution in [0.2, 0.25) is 0 Å². The predicted molar refractivity (Wildman–Crippen MR) is 220 cm³/mol. The van der Waals surface area contributed by atoms with Crippen molar-refractivity contribution in [2.75, 3.05) is 4.90 Å². The summed E-state index contributed by atoms with van der Waals surface area (Å²) in [4.78, 5) is 2.48. The van der Waals surface area contributed by atoms with E-state index in [1.165, 1.54) is 75.5 Å². The Hall–Kier alpha value is -5.96. The first kappa shape index (κ1) is 29.9. The number of hydrogen-bond donors (Lipinski definition) is 0. The van der Waals surface area contributed by atoms with Crippen LogP contribution in [0.1, 0.15) is 25.0 Å². The molecular weight excluding hydrogens is 635 g/mol. The minimum atomic E-state index is -0.0740. The van der Waals surface area contributed by atoms with Gasteiger partial charge in [0.25, 0.3) is 0 Å². The fraction of sp³-hybridized carbons (Fsp3) is 0.0612. The van der Waals surface area contributed by atoms with Crippen molar-refractivity contribution < 1.29 is 0 Å². The third-order valence-electron chi connectivity index (χ3n) is 10.9. The van der Waals surface area contributed by atoms with E-state index in [0.29, 0.717) is 0 Å². The summed E-state index contributed by atoms with van der Waals surface area (Å²) in [7, 11) is 0. The number of hydrogen-bond acceptors (Lipinski definition) is 2. The van der Waals surface area contributed by atoms with E-state index in [4.69, 9.17) is 0 Å². The molecule has 0 saturated heterocycles. The Labute approximate surface area is 302 Å². The van der Waals surface area contributed by atoms with Crippen molar-refractivity contribution in [1.82, 2.24) is 0 Å². The number of nitrogens with zero attached hydrogens (tertiary/aromatic N) is 1. The van der Waals surface area contributed by atoms with E-state index in [9.17, 15) is 0 Å². The zero-order valence-corrected chi connectivity index (χ0v) is 29.4. The number of anilines is 3. The van der Waals surface area contributed by atoms with Crippen LogP contribution in [0, 0.1) is 0 Å². The highest BCUT2D eigenvalue weighted by molar-refractivity contribution is 7.25. The molecule has 1 aromatic heterocycles. The second kappa shape index (κ2) is 11.6. The van der Waals surface area contributed by atoms with Gasteiger partial charge in [0.2, 0.25) is 0 Å². The summed E-state index contributed by atoms with van der Waals surface area (Å²) in [5.41, 5.74) is 13.7. The first-order valence-corrected chi connectivity index (χ1v) is 18.5. The molecule has 2 heteroatoms. The first-order chi connectivity index (χ1) is 25.1. The van der Waals surface area contributed by atoms with Crippen LogP contribution >= 0.6 is 11.3 Å². The van der Waals surface area contributed by atoms with E-state index in [0.717, 1.165) is 17.1 Å². The largest absolute Gasteiger partial charge is 0.309 e. The normalized spacial score (nSPS) is 13.1. The quantitative estimate of drug-likeness (QED) is 0.176. The smallest absolute Gasteiger partial charge is 0.0540 e. The van der Waals surface area contributed by atoms with Gasteiger partial charge < -0.3 is 4.90 Å². The van der Waals surface area contributed by atoms with Gasteiger partial charge in [-0.3, -0.25) is 0 Å². The molecular formula is C49H35NS. The second-order valence-corrected chi connectivity index (χ2v) is 15.2. The van der Waals surface area contributed by atoms with Gasteiger partial charge in [0.05, 0.1) is 11.4 Å². The first-order valence-electron chi connectivity index (χ1n) is 17.7. The molecule has 10 rings (SSSR count). The zero-order valence-electron chi connectivity index (χ0n) is 28.6. The molecule has 242 valence electrons. The summed E-state index contributed by atoms with van der Waals surface area (Å²) in [5, 5.41) is 5.08. The van der Waals surface area contributed by atoms with Crippen molar-refractivity contribution >= 4 is 59.3 Å². The molecule has 0 atom stereocenters. The third kappa shape index (κ3) is 4.67. The van der Waals surface area contributed by atoms with Crippen molar-refractivity contribution in [3.63, 3.8) is 0 Å². The van der Waals surface area contributed by atoms with Crippen LogP contribution < -0.4 is 4.90 Å². The number of fused-ring (bicyclic) bond motifs is 7. The number of thiophene rings is 1. The Balaban J connectivity index is 1.21. The Morgan fingerprint density at radius 1 is 0.431 bits per heavy atom. The van der Waals surface area contributed by atoms with Crippen molar-refractivity contribution in [3.05, 3.63) is 187 Å². The van der Waals surface area contributed by atoms with Gasteiger partial charge in [0.1, 0.15) is 0 Å². The maximum Gasteiger partial charge on any atom is 0.0540 e. The lowest BCUT2D eigenvalue weighted by molar-refractivity contribution is 0.660. The SMILES string of the molecule is CC1(C)c2ccccc2-c2c(-c3ccccc3N(c3cccc(-c4ccc5sc6ccccc6c5c4)c3)c3cccc4ccccc34)cccc21. The fourth-order valence-corrected chi connectivity index (χ4v) is 9.50. The number of rotatable bonds is 5. The van der Waals surface area contributed by atoms with Gasteiger partial charge in [-0.2, -0.15) is 0 Å². The molecule has 0 fully saturated rings. The molecule has 1 aliphatic carbocycles. The molecule has 1 nitrogen and oxygen atoms in total. The van der Waals surface area contributed by atoms with E-state index in [2.05, 4.69) is 195 Å². The van der Waals surface area contributed by atoms with Gasteiger partial charge in [0.15, 0.2) is 0 Å². The molecule has 0 bridgehead atoms. The van der Waals surface area contributed by atoms with Gasteiger partial charge in [-0.15, -0.1) is 11.3 Å². The molecule has 0 aliphatic heterocycles. The molecule has 0 radical (unpaired) electrons. The standard InChI is InChI=1S/C49H35NS/c1-49(2)42-23-8-5-21-40(42)48-39(22-13-24-43(48)49)37-19-6-9-25-45(37)50(44-26-12-15-32-14-3-4-18-36(32)44)35-17-11-16-33(30-35)34-28-29-47-41(31-34)38-20-7-10-27-46(38)51-47/h3-31H,1-2H3. The van der Waals surface area contributed by atoms with E-state index in [1.54, 1.807) is 0 Å². The molecule has 0 amide bonds. The molecule has 51 heavy (non-hydrogen) atoms. The van der Waals surface area contributed by atoms with Gasteiger partial charge in [-0.25, -0.2) is 0 Å². The minimum absolute atomic E-state index is 0.0740. The van der Waals surface area contributed by atoms with Crippen molar-refractivity contribution in [2.24, 2.45) is 0 Å². The Morgan fingerprint density at radius 2 is 1.06 bits per heavy atom. The fourth-order valence-electron chi connectivity index (χ4n) is 8.42. The highest BCUT2D eigenvalue weighted by Crippen LogP contribution is 2.54. The van der Waals surface area contributed by atoms with Crippen molar-refractivity contribution in [1.29, 1.82) is 0 Å². The highest BCUT2D eigenvalue weighted by Gasteiger charge is 2.37. The molecule has 0 saturated carbocycles. The molecule has 0 spiro atoms. The summed E-state index contributed by atoms with van der Waals surface area (Å²) < 4.78 is 2.65. The van der Waals surface area contributed by atoms with Crippen molar-refractivity contribution in [2.45, 2.75) is 19.3 Å². The van der Waals surface area contributed by atoms with E-state index >= 15 is 0 Å². The lowest BCUT2D eigenvalue weighted by Gasteiger charge is -2.30. The Morgan fingerprint density at radius 3 is 1.98 bits per heavy atom.